The van der Waals surface area contributed by atoms with Crippen molar-refractivity contribution >= 4 is 11.8 Å². The molecule has 9 heavy (non-hydrogen) atoms. The van der Waals surface area contributed by atoms with E-state index in [0.717, 1.165) is 12.2 Å². The lowest BCUT2D eigenvalue weighted by atomic mass is 10.1. The van der Waals surface area contributed by atoms with Crippen LogP contribution in [0.1, 0.15) is 13.3 Å². The highest BCUT2D eigenvalue weighted by atomic mass is 32.2. The maximum absolute atomic E-state index is 8.59. The van der Waals surface area contributed by atoms with Gasteiger partial charge in [-0.15, -0.1) is 0 Å². The molecule has 0 aliphatic heterocycles. The number of hydrogen-bond donors (Lipinski definition) is 2. The van der Waals surface area contributed by atoms with Crippen LogP contribution in [-0.2, 0) is 0 Å². The summed E-state index contributed by atoms with van der Waals surface area (Å²) >= 11 is 1.73. The Bertz CT molecular complexity index is 66.1. The Morgan fingerprint density at radius 1 is 1.44 bits per heavy atom. The Morgan fingerprint density at radius 3 is 2.33 bits per heavy atom. The van der Waals surface area contributed by atoms with Crippen LogP contribution >= 0.6 is 11.8 Å². The van der Waals surface area contributed by atoms with E-state index < -0.39 is 6.29 Å². The van der Waals surface area contributed by atoms with Crippen LogP contribution in [0, 0.1) is 5.92 Å². The highest BCUT2D eigenvalue weighted by molar-refractivity contribution is 7.98. The third-order valence-corrected chi connectivity index (χ3v) is 1.93. The molecule has 0 aromatic carbocycles. The lowest BCUT2D eigenvalue weighted by Gasteiger charge is -2.11. The average Bonchev–Trinajstić information content (AvgIpc) is 1.82. The second-order valence-corrected chi connectivity index (χ2v) is 3.16. The Morgan fingerprint density at radius 2 is 2.00 bits per heavy atom. The fourth-order valence-electron chi connectivity index (χ4n) is 0.453. The highest BCUT2D eigenvalue weighted by Gasteiger charge is 2.08. The van der Waals surface area contributed by atoms with Gasteiger partial charge in [-0.3, -0.25) is 0 Å². The molecule has 0 aliphatic carbocycles. The molecule has 56 valence electrons. The molecule has 0 aromatic heterocycles. The van der Waals surface area contributed by atoms with Crippen LogP contribution in [0.25, 0.3) is 0 Å². The van der Waals surface area contributed by atoms with Crippen LogP contribution in [0.3, 0.4) is 0 Å². The predicted molar refractivity (Wildman–Crippen MR) is 40.4 cm³/mol. The van der Waals surface area contributed by atoms with Gasteiger partial charge in [0.25, 0.3) is 0 Å². The summed E-state index contributed by atoms with van der Waals surface area (Å²) in [5, 5.41) is 17.2. The zero-order valence-electron chi connectivity index (χ0n) is 5.87. The topological polar surface area (TPSA) is 40.5 Å². The molecule has 0 amide bonds. The van der Waals surface area contributed by atoms with E-state index in [4.69, 9.17) is 10.2 Å². The molecule has 0 saturated carbocycles. The van der Waals surface area contributed by atoms with Gasteiger partial charge < -0.3 is 10.2 Å². The van der Waals surface area contributed by atoms with E-state index in [2.05, 4.69) is 0 Å². The van der Waals surface area contributed by atoms with Gasteiger partial charge in [-0.05, 0) is 18.4 Å². The van der Waals surface area contributed by atoms with Crippen molar-refractivity contribution in [3.63, 3.8) is 0 Å². The minimum Gasteiger partial charge on any atom is -0.368 e. The maximum atomic E-state index is 8.59. The highest BCUT2D eigenvalue weighted by Crippen LogP contribution is 2.08. The summed E-state index contributed by atoms with van der Waals surface area (Å²) < 4.78 is 0. The molecule has 1 atom stereocenters. The summed E-state index contributed by atoms with van der Waals surface area (Å²) in [6, 6.07) is 0. The number of hydrogen-bond acceptors (Lipinski definition) is 3. The molecule has 1 unspecified atom stereocenters. The molecule has 0 aliphatic rings. The van der Waals surface area contributed by atoms with Crippen molar-refractivity contribution in [2.24, 2.45) is 5.92 Å². The standard InChI is InChI=1S/C6H14O2S/c1-5(6(7)8)3-4-9-2/h5-8H,3-4H2,1-2H3. The van der Waals surface area contributed by atoms with Crippen LogP contribution in [0.5, 0.6) is 0 Å². The normalized spacial score (nSPS) is 14.3. The number of thioether (sulfide) groups is 1. The Hall–Kier alpha value is 0.270. The molecule has 0 aromatic rings. The molecule has 0 rings (SSSR count). The van der Waals surface area contributed by atoms with Gasteiger partial charge in [-0.2, -0.15) is 11.8 Å². The molecule has 2 nitrogen and oxygen atoms in total. The predicted octanol–water partition coefficient (Wildman–Crippen LogP) is 0.686. The number of aliphatic hydroxyl groups is 2. The SMILES string of the molecule is CSCCC(C)C(O)O. The molecule has 0 saturated heterocycles. The van der Waals surface area contributed by atoms with Crippen LogP contribution in [0.15, 0.2) is 0 Å². The fraction of sp³-hybridized carbons (Fsp3) is 1.00. The summed E-state index contributed by atoms with van der Waals surface area (Å²) in [5.41, 5.74) is 0. The van der Waals surface area contributed by atoms with Gasteiger partial charge in [0.2, 0.25) is 0 Å². The summed E-state index contributed by atoms with van der Waals surface area (Å²) in [6.07, 6.45) is 1.74. The first-order chi connectivity index (χ1) is 4.18. The zero-order chi connectivity index (χ0) is 7.28. The van der Waals surface area contributed by atoms with Crippen molar-refractivity contribution in [3.05, 3.63) is 0 Å². The number of rotatable bonds is 4. The third kappa shape index (κ3) is 4.75. The molecule has 0 radical (unpaired) electrons. The van der Waals surface area contributed by atoms with Crippen molar-refractivity contribution in [2.75, 3.05) is 12.0 Å². The van der Waals surface area contributed by atoms with Gasteiger partial charge in [0.05, 0.1) is 0 Å². The first-order valence-electron chi connectivity index (χ1n) is 3.03. The molecular weight excluding hydrogens is 136 g/mol. The average molecular weight is 150 g/mol. The second kappa shape index (κ2) is 5.09. The molecule has 0 bridgehead atoms. The van der Waals surface area contributed by atoms with Gasteiger partial charge in [0.15, 0.2) is 6.29 Å². The van der Waals surface area contributed by atoms with Gasteiger partial charge in [0, 0.05) is 5.92 Å². The molecule has 3 heteroatoms. The Labute approximate surface area is 60.3 Å². The second-order valence-electron chi connectivity index (χ2n) is 2.17. The smallest absolute Gasteiger partial charge is 0.154 e. The first kappa shape index (κ1) is 9.27. The van der Waals surface area contributed by atoms with Crippen LogP contribution in [0.4, 0.5) is 0 Å². The van der Waals surface area contributed by atoms with E-state index in [0.29, 0.717) is 0 Å². The molecule has 0 spiro atoms. The molecule has 0 fully saturated rings. The monoisotopic (exact) mass is 150 g/mol. The Kier molecular flexibility index (Phi) is 5.24. The van der Waals surface area contributed by atoms with Crippen molar-refractivity contribution in [1.82, 2.24) is 0 Å². The summed E-state index contributed by atoms with van der Waals surface area (Å²) in [5.74, 6) is 1.01. The van der Waals surface area contributed by atoms with Gasteiger partial charge >= 0.3 is 0 Å². The molecular formula is C6H14O2S. The van der Waals surface area contributed by atoms with Gasteiger partial charge in [-0.25, -0.2) is 0 Å². The van der Waals surface area contributed by atoms with Crippen molar-refractivity contribution in [1.29, 1.82) is 0 Å². The minimum atomic E-state index is -1.14. The van der Waals surface area contributed by atoms with Crippen LogP contribution in [0.2, 0.25) is 0 Å². The molecule has 2 N–H and O–H groups in total. The van der Waals surface area contributed by atoms with Gasteiger partial charge in [0.1, 0.15) is 0 Å². The maximum Gasteiger partial charge on any atom is 0.154 e. The summed E-state index contributed by atoms with van der Waals surface area (Å²) in [6.45, 7) is 1.83. The number of aliphatic hydroxyl groups excluding tert-OH is 1. The van der Waals surface area contributed by atoms with E-state index >= 15 is 0 Å². The van der Waals surface area contributed by atoms with Crippen molar-refractivity contribution < 1.29 is 10.2 Å². The van der Waals surface area contributed by atoms with E-state index in [-0.39, 0.29) is 5.92 Å². The van der Waals surface area contributed by atoms with E-state index in [1.165, 1.54) is 0 Å². The fourth-order valence-corrected chi connectivity index (χ4v) is 1.06. The first-order valence-corrected chi connectivity index (χ1v) is 4.43. The minimum absolute atomic E-state index is 0.0115. The van der Waals surface area contributed by atoms with Crippen LogP contribution in [-0.4, -0.2) is 28.5 Å². The largest absolute Gasteiger partial charge is 0.368 e. The van der Waals surface area contributed by atoms with Crippen LogP contribution < -0.4 is 0 Å². The molecule has 0 heterocycles. The Balaban J connectivity index is 3.16. The lowest BCUT2D eigenvalue weighted by Crippen LogP contribution is -2.16. The van der Waals surface area contributed by atoms with Crippen molar-refractivity contribution in [3.8, 4) is 0 Å². The van der Waals surface area contributed by atoms with E-state index in [1.54, 1.807) is 11.8 Å². The lowest BCUT2D eigenvalue weighted by molar-refractivity contribution is -0.0787. The third-order valence-electron chi connectivity index (χ3n) is 1.29. The summed E-state index contributed by atoms with van der Waals surface area (Å²) in [4.78, 5) is 0. The quantitative estimate of drug-likeness (QED) is 0.579. The van der Waals surface area contributed by atoms with Crippen molar-refractivity contribution in [2.45, 2.75) is 19.6 Å². The van der Waals surface area contributed by atoms with E-state index in [9.17, 15) is 0 Å². The van der Waals surface area contributed by atoms with E-state index in [1.807, 2.05) is 13.2 Å². The summed E-state index contributed by atoms with van der Waals surface area (Å²) in [7, 11) is 0. The zero-order valence-corrected chi connectivity index (χ0v) is 6.69. The van der Waals surface area contributed by atoms with Gasteiger partial charge in [-0.1, -0.05) is 6.92 Å².